The summed E-state index contributed by atoms with van der Waals surface area (Å²) in [6, 6.07) is 6.36. The van der Waals surface area contributed by atoms with Gasteiger partial charge in [-0.15, -0.1) is 0 Å². The Morgan fingerprint density at radius 1 is 1.53 bits per heavy atom. The Morgan fingerprint density at radius 3 is 3.16 bits per heavy atom. The summed E-state index contributed by atoms with van der Waals surface area (Å²) < 4.78 is 10.6. The average Bonchev–Trinajstić information content (AvgIpc) is 2.83. The van der Waals surface area contributed by atoms with E-state index in [-0.39, 0.29) is 18.6 Å². The molecule has 0 fully saturated rings. The number of nitrogens with one attached hydrogen (secondary N) is 1. The van der Waals surface area contributed by atoms with Crippen LogP contribution in [-0.2, 0) is 22.4 Å². The number of rotatable bonds is 6. The summed E-state index contributed by atoms with van der Waals surface area (Å²) in [6.45, 7) is 5.36. The molecule has 1 atom stereocenters. The smallest absolute Gasteiger partial charge is 0.246 e. The predicted octanol–water partition coefficient (Wildman–Crippen LogP) is 1.71. The molecule has 4 heteroatoms. The van der Waals surface area contributed by atoms with Crippen LogP contribution in [0.4, 0.5) is 0 Å². The van der Waals surface area contributed by atoms with Gasteiger partial charge in [-0.2, -0.15) is 0 Å². The molecule has 1 N–H and O–H groups in total. The summed E-state index contributed by atoms with van der Waals surface area (Å²) in [4.78, 5) is 11.5. The van der Waals surface area contributed by atoms with Crippen LogP contribution in [0.3, 0.4) is 0 Å². The Labute approximate surface area is 114 Å². The molecule has 1 amide bonds. The number of fused-ring (bicyclic) bond motifs is 1. The van der Waals surface area contributed by atoms with Crippen LogP contribution in [0.5, 0.6) is 5.75 Å². The fraction of sp³-hybridized carbons (Fsp3) is 0.533. The molecule has 1 aromatic carbocycles. The van der Waals surface area contributed by atoms with E-state index in [1.807, 2.05) is 19.9 Å². The molecule has 0 bridgehead atoms. The van der Waals surface area contributed by atoms with Gasteiger partial charge in [0.05, 0.1) is 6.61 Å². The van der Waals surface area contributed by atoms with E-state index in [0.717, 1.165) is 25.2 Å². The lowest BCUT2D eigenvalue weighted by Gasteiger charge is -2.14. The summed E-state index contributed by atoms with van der Waals surface area (Å²) in [5.74, 6) is 0.940. The fourth-order valence-corrected chi connectivity index (χ4v) is 2.28. The minimum atomic E-state index is -0.0566. The summed E-state index contributed by atoms with van der Waals surface area (Å²) >= 11 is 0. The Kier molecular flexibility index (Phi) is 4.80. The van der Waals surface area contributed by atoms with E-state index in [4.69, 9.17) is 9.47 Å². The molecule has 0 radical (unpaired) electrons. The highest BCUT2D eigenvalue weighted by molar-refractivity contribution is 5.77. The zero-order valence-corrected chi connectivity index (χ0v) is 11.6. The molecule has 1 unspecified atom stereocenters. The highest BCUT2D eigenvalue weighted by Crippen LogP contribution is 2.26. The molecular formula is C15H21NO3. The van der Waals surface area contributed by atoms with Crippen LogP contribution >= 0.6 is 0 Å². The Hall–Kier alpha value is -1.55. The van der Waals surface area contributed by atoms with Crippen LogP contribution in [0.1, 0.15) is 25.0 Å². The van der Waals surface area contributed by atoms with Gasteiger partial charge >= 0.3 is 0 Å². The number of hydrogen-bond donors (Lipinski definition) is 1. The summed E-state index contributed by atoms with van der Waals surface area (Å²) in [5, 5.41) is 2.94. The van der Waals surface area contributed by atoms with E-state index < -0.39 is 0 Å². The molecule has 0 saturated heterocycles. The summed E-state index contributed by atoms with van der Waals surface area (Å²) in [7, 11) is 0. The number of amides is 1. The van der Waals surface area contributed by atoms with Gasteiger partial charge in [-0.25, -0.2) is 0 Å². The molecule has 2 rings (SSSR count). The van der Waals surface area contributed by atoms with Crippen LogP contribution in [0.25, 0.3) is 0 Å². The lowest BCUT2D eigenvalue weighted by molar-refractivity contribution is -0.126. The van der Waals surface area contributed by atoms with Crippen molar-refractivity contribution in [3.8, 4) is 5.75 Å². The van der Waals surface area contributed by atoms with Gasteiger partial charge in [-0.1, -0.05) is 12.1 Å². The monoisotopic (exact) mass is 263 g/mol. The van der Waals surface area contributed by atoms with Crippen molar-refractivity contribution in [2.75, 3.05) is 19.8 Å². The molecule has 0 aliphatic carbocycles. The van der Waals surface area contributed by atoms with Gasteiger partial charge in [0.1, 0.15) is 12.4 Å². The van der Waals surface area contributed by atoms with E-state index in [1.165, 1.54) is 11.1 Å². The molecule has 104 valence electrons. The van der Waals surface area contributed by atoms with Crippen LogP contribution in [0, 0.1) is 0 Å². The van der Waals surface area contributed by atoms with E-state index in [1.54, 1.807) is 0 Å². The van der Waals surface area contributed by atoms with Crippen molar-refractivity contribution in [1.82, 2.24) is 5.32 Å². The van der Waals surface area contributed by atoms with Crippen LogP contribution in [0.15, 0.2) is 18.2 Å². The largest absolute Gasteiger partial charge is 0.493 e. The van der Waals surface area contributed by atoms with Gasteiger partial charge in [0.2, 0.25) is 5.91 Å². The van der Waals surface area contributed by atoms with Crippen LogP contribution in [-0.4, -0.2) is 31.8 Å². The lowest BCUT2D eigenvalue weighted by atomic mass is 10.0. The molecule has 0 aromatic heterocycles. The van der Waals surface area contributed by atoms with Crippen molar-refractivity contribution in [2.45, 2.75) is 32.7 Å². The molecule has 1 aliphatic rings. The molecule has 1 heterocycles. The molecule has 4 nitrogen and oxygen atoms in total. The third-order valence-electron chi connectivity index (χ3n) is 3.14. The second-order valence-corrected chi connectivity index (χ2v) is 4.85. The van der Waals surface area contributed by atoms with Gasteiger partial charge in [0, 0.05) is 19.1 Å². The SMILES string of the molecule is CCOCC(=O)NC(C)Cc1ccc2c(c1)CCO2. The second-order valence-electron chi connectivity index (χ2n) is 4.85. The molecule has 0 spiro atoms. The maximum atomic E-state index is 11.5. The Balaban J connectivity index is 1.85. The Bertz CT molecular complexity index is 445. The number of carbonyl (C=O) groups excluding carboxylic acids is 1. The van der Waals surface area contributed by atoms with Crippen molar-refractivity contribution >= 4 is 5.91 Å². The molecule has 1 aliphatic heterocycles. The van der Waals surface area contributed by atoms with E-state index in [9.17, 15) is 4.79 Å². The van der Waals surface area contributed by atoms with Crippen molar-refractivity contribution in [3.05, 3.63) is 29.3 Å². The van der Waals surface area contributed by atoms with Gasteiger partial charge in [-0.05, 0) is 37.5 Å². The predicted molar refractivity (Wildman–Crippen MR) is 73.4 cm³/mol. The Morgan fingerprint density at radius 2 is 2.37 bits per heavy atom. The number of benzene rings is 1. The van der Waals surface area contributed by atoms with Gasteiger partial charge in [0.15, 0.2) is 0 Å². The van der Waals surface area contributed by atoms with Gasteiger partial charge < -0.3 is 14.8 Å². The number of ether oxygens (including phenoxy) is 2. The first-order valence-electron chi connectivity index (χ1n) is 6.80. The summed E-state index contributed by atoms with van der Waals surface area (Å²) in [6.07, 6.45) is 1.80. The molecule has 0 saturated carbocycles. The third-order valence-corrected chi connectivity index (χ3v) is 3.14. The maximum Gasteiger partial charge on any atom is 0.246 e. The number of carbonyl (C=O) groups is 1. The van der Waals surface area contributed by atoms with Gasteiger partial charge in [-0.3, -0.25) is 4.79 Å². The molecule has 19 heavy (non-hydrogen) atoms. The number of hydrogen-bond acceptors (Lipinski definition) is 3. The highest BCUT2D eigenvalue weighted by Gasteiger charge is 2.13. The normalized spacial score (nSPS) is 14.6. The lowest BCUT2D eigenvalue weighted by Crippen LogP contribution is -2.36. The average molecular weight is 263 g/mol. The minimum Gasteiger partial charge on any atom is -0.493 e. The highest BCUT2D eigenvalue weighted by atomic mass is 16.5. The minimum absolute atomic E-state index is 0.0566. The van der Waals surface area contributed by atoms with Crippen molar-refractivity contribution in [3.63, 3.8) is 0 Å². The van der Waals surface area contributed by atoms with Crippen LogP contribution in [0.2, 0.25) is 0 Å². The molecule has 1 aromatic rings. The topological polar surface area (TPSA) is 47.6 Å². The van der Waals surface area contributed by atoms with Crippen molar-refractivity contribution in [1.29, 1.82) is 0 Å². The first-order chi connectivity index (χ1) is 9.19. The third kappa shape index (κ3) is 3.96. The van der Waals surface area contributed by atoms with Crippen LogP contribution < -0.4 is 10.1 Å². The van der Waals surface area contributed by atoms with E-state index >= 15 is 0 Å². The van der Waals surface area contributed by atoms with Crippen molar-refractivity contribution < 1.29 is 14.3 Å². The quantitative estimate of drug-likeness (QED) is 0.850. The van der Waals surface area contributed by atoms with E-state index in [2.05, 4.69) is 17.4 Å². The van der Waals surface area contributed by atoms with E-state index in [0.29, 0.717) is 6.61 Å². The first-order valence-corrected chi connectivity index (χ1v) is 6.80. The maximum absolute atomic E-state index is 11.5. The molecular weight excluding hydrogens is 242 g/mol. The zero-order valence-electron chi connectivity index (χ0n) is 11.6. The zero-order chi connectivity index (χ0) is 13.7. The standard InChI is InChI=1S/C15H21NO3/c1-3-18-10-15(17)16-11(2)8-12-4-5-14-13(9-12)6-7-19-14/h4-5,9,11H,3,6-8,10H2,1-2H3,(H,16,17). The second kappa shape index (κ2) is 6.57. The fourth-order valence-electron chi connectivity index (χ4n) is 2.28. The van der Waals surface area contributed by atoms with Crippen molar-refractivity contribution in [2.24, 2.45) is 0 Å². The van der Waals surface area contributed by atoms with Gasteiger partial charge in [0.25, 0.3) is 0 Å². The summed E-state index contributed by atoms with van der Waals surface area (Å²) in [5.41, 5.74) is 2.50. The first kappa shape index (κ1) is 13.9.